The number of fused-ring (bicyclic) bond motifs is 1. The summed E-state index contributed by atoms with van der Waals surface area (Å²) in [6.07, 6.45) is 3.37. The van der Waals surface area contributed by atoms with Crippen molar-refractivity contribution in [3.05, 3.63) is 41.5 Å². The van der Waals surface area contributed by atoms with Crippen molar-refractivity contribution in [2.24, 2.45) is 9.98 Å². The van der Waals surface area contributed by atoms with Crippen LogP contribution >= 0.6 is 0 Å². The molecule has 1 atom stereocenters. The predicted octanol–water partition coefficient (Wildman–Crippen LogP) is 1.39. The van der Waals surface area contributed by atoms with Gasteiger partial charge in [0.1, 0.15) is 24.2 Å². The zero-order chi connectivity index (χ0) is 23.4. The number of carboxylic acid groups (broad SMARTS) is 2. The summed E-state index contributed by atoms with van der Waals surface area (Å²) in [6, 6.07) is 1.38. The number of hydrogen-bond acceptors (Lipinski definition) is 7. The summed E-state index contributed by atoms with van der Waals surface area (Å²) in [6.45, 7) is 3.30. The molecule has 3 rings (SSSR count). The van der Waals surface area contributed by atoms with Crippen LogP contribution in [0.4, 0.5) is 16.0 Å². The second-order valence-electron chi connectivity index (χ2n) is 6.72. The van der Waals surface area contributed by atoms with Gasteiger partial charge in [0.25, 0.3) is 0 Å². The van der Waals surface area contributed by atoms with E-state index in [4.69, 9.17) is 10.2 Å². The quantitative estimate of drug-likeness (QED) is 0.427. The fourth-order valence-corrected chi connectivity index (χ4v) is 3.28. The van der Waals surface area contributed by atoms with Gasteiger partial charge in [-0.05, 0) is 18.9 Å². The van der Waals surface area contributed by atoms with Gasteiger partial charge in [-0.25, -0.2) is 19.2 Å². The molecule has 0 saturated carbocycles. The van der Waals surface area contributed by atoms with Crippen LogP contribution in [-0.4, -0.2) is 63.6 Å². The molecule has 0 fully saturated rings. The molecule has 0 spiro atoms. The Bertz CT molecular complexity index is 1170. The summed E-state index contributed by atoms with van der Waals surface area (Å²) in [4.78, 5) is 46.5. The SMILES string of the molecule is C=NC(=C1C=Nc2ncc(F)cc21)c1ccn(CC(=O)NC(CC(=O)O)C(=O)O)c1NC. The number of allylic oxidation sites excluding steroid dienone is 1. The Morgan fingerprint density at radius 3 is 2.72 bits per heavy atom. The first-order valence-corrected chi connectivity index (χ1v) is 9.27. The largest absolute Gasteiger partial charge is 0.481 e. The average molecular weight is 442 g/mol. The van der Waals surface area contributed by atoms with E-state index in [-0.39, 0.29) is 6.54 Å². The summed E-state index contributed by atoms with van der Waals surface area (Å²) in [5, 5.41) is 23.0. The van der Waals surface area contributed by atoms with Crippen LogP contribution in [0.3, 0.4) is 0 Å². The van der Waals surface area contributed by atoms with Gasteiger partial charge in [-0.3, -0.25) is 14.6 Å². The van der Waals surface area contributed by atoms with Crippen molar-refractivity contribution in [1.29, 1.82) is 0 Å². The minimum Gasteiger partial charge on any atom is -0.481 e. The molecule has 0 aliphatic carbocycles. The molecule has 11 nitrogen and oxygen atoms in total. The van der Waals surface area contributed by atoms with Gasteiger partial charge in [-0.1, -0.05) is 0 Å². The number of hydrogen-bond donors (Lipinski definition) is 4. The zero-order valence-corrected chi connectivity index (χ0v) is 16.9. The fraction of sp³-hybridized carbons (Fsp3) is 0.200. The molecule has 2 aromatic heterocycles. The minimum atomic E-state index is -1.56. The Balaban J connectivity index is 1.91. The highest BCUT2D eigenvalue weighted by atomic mass is 19.1. The maximum absolute atomic E-state index is 13.7. The number of nitrogens with one attached hydrogen (secondary N) is 2. The van der Waals surface area contributed by atoms with Gasteiger partial charge >= 0.3 is 11.9 Å². The average Bonchev–Trinajstić information content (AvgIpc) is 3.32. The van der Waals surface area contributed by atoms with Crippen molar-refractivity contribution in [3.8, 4) is 0 Å². The van der Waals surface area contributed by atoms with Crippen LogP contribution in [0, 0.1) is 5.82 Å². The number of rotatable bonds is 9. The number of aliphatic carboxylic acids is 2. The van der Waals surface area contributed by atoms with Gasteiger partial charge in [-0.2, -0.15) is 0 Å². The summed E-state index contributed by atoms with van der Waals surface area (Å²) < 4.78 is 15.2. The minimum absolute atomic E-state index is 0.291. The normalized spacial score (nSPS) is 14.4. The first-order chi connectivity index (χ1) is 15.2. The Hall–Kier alpha value is -4.35. The Labute approximate surface area is 181 Å². The highest BCUT2D eigenvalue weighted by molar-refractivity contribution is 6.24. The van der Waals surface area contributed by atoms with E-state index in [1.807, 2.05) is 0 Å². The third-order valence-corrected chi connectivity index (χ3v) is 4.63. The van der Waals surface area contributed by atoms with E-state index >= 15 is 0 Å². The molecule has 0 aromatic carbocycles. The molecule has 0 bridgehead atoms. The molecule has 0 radical (unpaired) electrons. The summed E-state index contributed by atoms with van der Waals surface area (Å²) in [7, 11) is 1.61. The van der Waals surface area contributed by atoms with Crippen LogP contribution in [0.5, 0.6) is 0 Å². The van der Waals surface area contributed by atoms with Crippen LogP contribution in [0.2, 0.25) is 0 Å². The van der Waals surface area contributed by atoms with Crippen molar-refractivity contribution in [3.63, 3.8) is 0 Å². The van der Waals surface area contributed by atoms with E-state index in [1.54, 1.807) is 19.3 Å². The summed E-state index contributed by atoms with van der Waals surface area (Å²) in [5.41, 5.74) is 1.85. The third kappa shape index (κ3) is 4.53. The number of aromatic nitrogens is 2. The highest BCUT2D eigenvalue weighted by Crippen LogP contribution is 2.38. The molecule has 2 aromatic rings. The number of pyridine rings is 1. The molecule has 32 heavy (non-hydrogen) atoms. The van der Waals surface area contributed by atoms with E-state index in [2.05, 4.69) is 32.3 Å². The fourth-order valence-electron chi connectivity index (χ4n) is 3.28. The number of carbonyl (C=O) groups is 3. The number of halogens is 1. The van der Waals surface area contributed by atoms with Crippen molar-refractivity contribution < 1.29 is 29.0 Å². The molecule has 1 amide bonds. The monoisotopic (exact) mass is 442 g/mol. The standard InChI is InChI=1S/C20H19FN6O5/c1-22-17(13-8-25-18-12(13)5-10(21)7-24-18)11-3-4-27(19(11)23-2)9-15(28)26-14(20(31)32)6-16(29)30/h3-5,7-8,14,23H,1,6,9H2,2H3,(H,26,28)(H,29,30)(H,31,32). The summed E-state index contributed by atoms with van der Waals surface area (Å²) in [5.74, 6) is -3.25. The highest BCUT2D eigenvalue weighted by Gasteiger charge is 2.25. The van der Waals surface area contributed by atoms with Crippen LogP contribution in [0.1, 0.15) is 17.5 Å². The molecule has 4 N–H and O–H groups in total. The van der Waals surface area contributed by atoms with Gasteiger partial charge in [0.2, 0.25) is 5.91 Å². The maximum atomic E-state index is 13.7. The second kappa shape index (κ2) is 9.20. The number of aliphatic imine (C=N–C) groups is 2. The molecule has 166 valence electrons. The van der Waals surface area contributed by atoms with Crippen molar-refractivity contribution in [2.75, 3.05) is 12.4 Å². The Kier molecular flexibility index (Phi) is 6.42. The van der Waals surface area contributed by atoms with E-state index in [9.17, 15) is 18.8 Å². The van der Waals surface area contributed by atoms with Gasteiger partial charge in [-0.15, -0.1) is 0 Å². The van der Waals surface area contributed by atoms with Gasteiger partial charge in [0, 0.05) is 36.2 Å². The first kappa shape index (κ1) is 22.3. The zero-order valence-electron chi connectivity index (χ0n) is 16.9. The van der Waals surface area contributed by atoms with E-state index < -0.39 is 36.1 Å². The molecule has 12 heteroatoms. The van der Waals surface area contributed by atoms with Crippen LogP contribution in [0.15, 0.2) is 34.5 Å². The molecular weight excluding hydrogens is 423 g/mol. The molecule has 3 heterocycles. The lowest BCUT2D eigenvalue weighted by atomic mass is 10.0. The number of anilines is 1. The number of carboxylic acids is 2. The van der Waals surface area contributed by atoms with Gasteiger partial charge in [0.15, 0.2) is 5.82 Å². The molecule has 1 aliphatic rings. The molecule has 0 saturated heterocycles. The maximum Gasteiger partial charge on any atom is 0.326 e. The topological polar surface area (TPSA) is 158 Å². The lowest BCUT2D eigenvalue weighted by Crippen LogP contribution is -2.43. The lowest BCUT2D eigenvalue weighted by Gasteiger charge is -2.15. The van der Waals surface area contributed by atoms with Gasteiger partial charge in [0.05, 0.1) is 18.3 Å². The number of carbonyl (C=O) groups excluding carboxylic acids is 1. The number of amides is 1. The lowest BCUT2D eigenvalue weighted by molar-refractivity contribution is -0.147. The van der Waals surface area contributed by atoms with E-state index in [1.165, 1.54) is 16.8 Å². The van der Waals surface area contributed by atoms with Crippen LogP contribution in [-0.2, 0) is 20.9 Å². The Morgan fingerprint density at radius 2 is 2.09 bits per heavy atom. The first-order valence-electron chi connectivity index (χ1n) is 9.27. The second-order valence-corrected chi connectivity index (χ2v) is 6.72. The van der Waals surface area contributed by atoms with Crippen molar-refractivity contribution in [2.45, 2.75) is 19.0 Å². The molecular formula is C20H19FN6O5. The molecule has 1 unspecified atom stereocenters. The van der Waals surface area contributed by atoms with Crippen LogP contribution < -0.4 is 10.6 Å². The van der Waals surface area contributed by atoms with Crippen molar-refractivity contribution in [1.82, 2.24) is 14.9 Å². The number of nitrogens with zero attached hydrogens (tertiary/aromatic N) is 4. The molecule has 1 aliphatic heterocycles. The van der Waals surface area contributed by atoms with Crippen molar-refractivity contribution >= 4 is 53.7 Å². The predicted molar refractivity (Wildman–Crippen MR) is 115 cm³/mol. The van der Waals surface area contributed by atoms with E-state index in [0.717, 1.165) is 6.20 Å². The van der Waals surface area contributed by atoms with Crippen LogP contribution in [0.25, 0.3) is 11.3 Å². The van der Waals surface area contributed by atoms with E-state index in [0.29, 0.717) is 34.0 Å². The Morgan fingerprint density at radius 1 is 1.34 bits per heavy atom. The van der Waals surface area contributed by atoms with Gasteiger partial charge < -0.3 is 25.4 Å². The third-order valence-electron chi connectivity index (χ3n) is 4.63. The smallest absolute Gasteiger partial charge is 0.326 e. The summed E-state index contributed by atoms with van der Waals surface area (Å²) >= 11 is 0.